The topological polar surface area (TPSA) is 159 Å². The van der Waals surface area contributed by atoms with Crippen LogP contribution < -0.4 is 20.9 Å². The van der Waals surface area contributed by atoms with E-state index in [1.165, 1.54) is 6.92 Å². The predicted octanol–water partition coefficient (Wildman–Crippen LogP) is 3.66. The van der Waals surface area contributed by atoms with Crippen molar-refractivity contribution in [3.05, 3.63) is 34.4 Å². The molecule has 1 heterocycles. The summed E-state index contributed by atoms with van der Waals surface area (Å²) in [6.45, 7) is 10.3. The predicted molar refractivity (Wildman–Crippen MR) is 140 cm³/mol. The number of esters is 1. The van der Waals surface area contributed by atoms with Crippen molar-refractivity contribution >= 4 is 50.6 Å². The van der Waals surface area contributed by atoms with Crippen molar-refractivity contribution < 1.29 is 33.6 Å². The summed E-state index contributed by atoms with van der Waals surface area (Å²) in [4.78, 5) is 49.8. The molecule has 0 saturated heterocycles. The monoisotopic (exact) mass is 536 g/mol. The highest BCUT2D eigenvalue weighted by Gasteiger charge is 2.22. The number of nitrogens with zero attached hydrogens (tertiary/aromatic N) is 1. The van der Waals surface area contributed by atoms with Gasteiger partial charge in [0.2, 0.25) is 10.9 Å². The number of carbonyl (C=O) groups excluding carboxylic acids is 3. The second-order valence-electron chi connectivity index (χ2n) is 8.96. The van der Waals surface area contributed by atoms with Crippen LogP contribution in [-0.2, 0) is 23.8 Å². The minimum absolute atomic E-state index is 0.186. The zero-order valence-electron chi connectivity index (χ0n) is 21.7. The molecule has 37 heavy (non-hydrogen) atoms. The van der Waals surface area contributed by atoms with Crippen LogP contribution in [0.15, 0.2) is 23.4 Å². The molecule has 0 atom stereocenters. The first-order valence-electron chi connectivity index (χ1n) is 11.7. The smallest absolute Gasteiger partial charge is 0.341 e. The standard InChI is InChI=1S/C24H33N5O7S/c1-15-22(29-33)37-23(26-15)28-21(32)18-7-6-17(14-19(18)27-16(2)30)25-9-11-35-13-12-34-10-8-20(31)36-24(3,4)5/h6-7,14,25H,8-13H2,1-5H3,(H,27,30)(H,26,28,32)/p+1. The van der Waals surface area contributed by atoms with Gasteiger partial charge in [0.25, 0.3) is 0 Å². The van der Waals surface area contributed by atoms with Crippen LogP contribution in [0.3, 0.4) is 0 Å². The number of nitroso groups, excluding NO2 is 1. The van der Waals surface area contributed by atoms with Gasteiger partial charge in [-0.1, -0.05) is 0 Å². The lowest BCUT2D eigenvalue weighted by Crippen LogP contribution is -2.24. The molecular formula is C24H34N5O7S+. The number of rotatable bonds is 14. The fraction of sp³-hybridized carbons (Fsp3) is 0.500. The van der Waals surface area contributed by atoms with Crippen molar-refractivity contribution in [2.45, 2.75) is 46.6 Å². The summed E-state index contributed by atoms with van der Waals surface area (Å²) in [6, 6.07) is 4.95. The maximum Gasteiger partial charge on any atom is 0.341 e. The summed E-state index contributed by atoms with van der Waals surface area (Å²) in [5, 5.41) is 12.0. The van der Waals surface area contributed by atoms with Gasteiger partial charge in [-0.05, 0) is 55.5 Å². The SMILES string of the molecule is CC(=O)Nc1cc(NCCOCCOCCC(=O)OC(C)(C)C)ccc1C(=O)Nc1[nH+]c(C)c(N=O)s1. The highest BCUT2D eigenvalue weighted by atomic mass is 32.1. The molecule has 2 amide bonds. The van der Waals surface area contributed by atoms with Crippen LogP contribution in [0.5, 0.6) is 0 Å². The summed E-state index contributed by atoms with van der Waals surface area (Å²) in [7, 11) is 0. The van der Waals surface area contributed by atoms with Gasteiger partial charge in [-0.25, -0.2) is 9.78 Å². The van der Waals surface area contributed by atoms with E-state index in [1.807, 2.05) is 20.8 Å². The minimum Gasteiger partial charge on any atom is -0.460 e. The lowest BCUT2D eigenvalue weighted by molar-refractivity contribution is -0.363. The van der Waals surface area contributed by atoms with Crippen LogP contribution in [0, 0.1) is 11.8 Å². The molecule has 12 nitrogen and oxygen atoms in total. The second kappa shape index (κ2) is 14.4. The van der Waals surface area contributed by atoms with Crippen LogP contribution in [0.4, 0.5) is 21.5 Å². The molecular weight excluding hydrogens is 502 g/mol. The molecule has 2 rings (SSSR count). The number of aryl methyl sites for hydroxylation is 1. The molecule has 2 aromatic rings. The molecule has 1 aromatic heterocycles. The van der Waals surface area contributed by atoms with Gasteiger partial charge in [0.1, 0.15) is 11.3 Å². The average Bonchev–Trinajstić information content (AvgIpc) is 3.15. The summed E-state index contributed by atoms with van der Waals surface area (Å²) < 4.78 is 16.1. The van der Waals surface area contributed by atoms with E-state index < -0.39 is 11.5 Å². The highest BCUT2D eigenvalue weighted by Crippen LogP contribution is 2.28. The van der Waals surface area contributed by atoms with Crippen LogP contribution in [-0.4, -0.2) is 56.4 Å². The number of ether oxygens (including phenoxy) is 3. The van der Waals surface area contributed by atoms with Gasteiger partial charge in [0.15, 0.2) is 0 Å². The average molecular weight is 537 g/mol. The number of carbonyl (C=O) groups is 3. The maximum absolute atomic E-state index is 12.8. The molecule has 0 saturated carbocycles. The van der Waals surface area contributed by atoms with Gasteiger partial charge in [-0.2, -0.15) is 5.32 Å². The summed E-state index contributed by atoms with van der Waals surface area (Å²) in [5.41, 5.74) is 1.30. The Morgan fingerprint density at radius 3 is 2.38 bits per heavy atom. The third-order valence-corrected chi connectivity index (χ3v) is 5.51. The molecule has 13 heteroatoms. The van der Waals surface area contributed by atoms with Crippen molar-refractivity contribution in [1.82, 2.24) is 0 Å². The number of amides is 2. The summed E-state index contributed by atoms with van der Waals surface area (Å²) >= 11 is 1.02. The number of thiazole rings is 1. The van der Waals surface area contributed by atoms with Crippen molar-refractivity contribution in [3.63, 3.8) is 0 Å². The Kier molecular flexibility index (Phi) is 11.6. The molecule has 0 aliphatic heterocycles. The zero-order chi connectivity index (χ0) is 27.4. The van der Waals surface area contributed by atoms with Crippen molar-refractivity contribution in [1.29, 1.82) is 0 Å². The Hall–Kier alpha value is -3.42. The van der Waals surface area contributed by atoms with Gasteiger partial charge in [-0.15, -0.1) is 4.91 Å². The van der Waals surface area contributed by atoms with E-state index >= 15 is 0 Å². The van der Waals surface area contributed by atoms with Gasteiger partial charge < -0.3 is 24.8 Å². The quantitative estimate of drug-likeness (QED) is 0.187. The van der Waals surface area contributed by atoms with E-state index in [0.29, 0.717) is 48.6 Å². The van der Waals surface area contributed by atoms with Crippen molar-refractivity contribution in [3.8, 4) is 0 Å². The maximum atomic E-state index is 12.8. The lowest BCUT2D eigenvalue weighted by Gasteiger charge is -2.19. The number of nitrogens with one attached hydrogen (secondary N) is 4. The Bertz CT molecular complexity index is 1100. The first kappa shape index (κ1) is 29.8. The first-order valence-corrected chi connectivity index (χ1v) is 12.5. The van der Waals surface area contributed by atoms with Crippen LogP contribution in [0.25, 0.3) is 0 Å². The number of hydrogen-bond acceptors (Lipinski definition) is 10. The number of H-pyrrole nitrogens is 1. The largest absolute Gasteiger partial charge is 0.460 e. The van der Waals surface area contributed by atoms with E-state index in [2.05, 4.69) is 26.1 Å². The fourth-order valence-corrected chi connectivity index (χ4v) is 3.80. The highest BCUT2D eigenvalue weighted by molar-refractivity contribution is 7.19. The van der Waals surface area contributed by atoms with Gasteiger partial charge >= 0.3 is 17.0 Å². The third kappa shape index (κ3) is 11.0. The molecule has 4 N–H and O–H groups in total. The fourth-order valence-electron chi connectivity index (χ4n) is 3.02. The van der Waals surface area contributed by atoms with E-state index in [-0.39, 0.29) is 35.5 Å². The molecule has 0 bridgehead atoms. The van der Waals surface area contributed by atoms with Crippen molar-refractivity contribution in [2.75, 3.05) is 48.9 Å². The van der Waals surface area contributed by atoms with Crippen LogP contribution in [0.1, 0.15) is 50.2 Å². The van der Waals surface area contributed by atoms with Crippen molar-refractivity contribution in [2.24, 2.45) is 5.18 Å². The number of aromatic amines is 1. The molecule has 0 aliphatic rings. The van der Waals surface area contributed by atoms with E-state index in [0.717, 1.165) is 11.3 Å². The molecule has 0 unspecified atom stereocenters. The van der Waals surface area contributed by atoms with Gasteiger partial charge in [-0.3, -0.25) is 9.59 Å². The van der Waals surface area contributed by atoms with Crippen LogP contribution in [0.2, 0.25) is 0 Å². The minimum atomic E-state index is -0.509. The van der Waals surface area contributed by atoms with E-state index in [9.17, 15) is 19.3 Å². The Morgan fingerprint density at radius 1 is 1.05 bits per heavy atom. The molecule has 0 spiro atoms. The lowest BCUT2D eigenvalue weighted by atomic mass is 10.1. The van der Waals surface area contributed by atoms with Gasteiger partial charge in [0.05, 0.1) is 44.1 Å². The van der Waals surface area contributed by atoms with E-state index in [1.54, 1.807) is 25.1 Å². The first-order chi connectivity index (χ1) is 17.5. The molecule has 0 radical (unpaired) electrons. The van der Waals surface area contributed by atoms with Gasteiger partial charge in [0, 0.05) is 26.1 Å². The Balaban J connectivity index is 1.78. The third-order valence-electron chi connectivity index (χ3n) is 4.52. The second-order valence-corrected chi connectivity index (χ2v) is 9.96. The summed E-state index contributed by atoms with van der Waals surface area (Å²) in [5.74, 6) is -1.09. The zero-order valence-corrected chi connectivity index (χ0v) is 22.5. The number of aromatic nitrogens is 1. The normalized spacial score (nSPS) is 11.1. The molecule has 0 aliphatic carbocycles. The number of benzene rings is 1. The Morgan fingerprint density at radius 2 is 1.76 bits per heavy atom. The molecule has 0 fully saturated rings. The number of anilines is 3. The molecule has 202 valence electrons. The Labute approximate surface area is 219 Å². The number of hydrogen-bond donors (Lipinski definition) is 3. The van der Waals surface area contributed by atoms with E-state index in [4.69, 9.17) is 14.2 Å². The molecule has 1 aromatic carbocycles. The summed E-state index contributed by atoms with van der Waals surface area (Å²) in [6.07, 6.45) is 0.186. The van der Waals surface area contributed by atoms with Crippen LogP contribution >= 0.6 is 11.3 Å².